The van der Waals surface area contributed by atoms with Gasteiger partial charge in [0.1, 0.15) is 0 Å². The van der Waals surface area contributed by atoms with E-state index in [4.69, 9.17) is 23.2 Å². The van der Waals surface area contributed by atoms with E-state index in [1.165, 1.54) is 23.1 Å². The van der Waals surface area contributed by atoms with Crippen LogP contribution in [0.1, 0.15) is 23.5 Å². The SMILES string of the molecule is O=C(NCC(c1ccccc1)c1ccccc1)[C@@H]1CNC[C@H](NSc2cc(Cl)ccc2Cl)C1. The lowest BCUT2D eigenvalue weighted by atomic mass is 9.90. The summed E-state index contributed by atoms with van der Waals surface area (Å²) in [5, 5.41) is 7.89. The second kappa shape index (κ2) is 11.9. The van der Waals surface area contributed by atoms with Gasteiger partial charge < -0.3 is 10.6 Å². The predicted molar refractivity (Wildman–Crippen MR) is 138 cm³/mol. The molecule has 1 aliphatic heterocycles. The van der Waals surface area contributed by atoms with E-state index < -0.39 is 0 Å². The molecule has 0 bridgehead atoms. The second-order valence-electron chi connectivity index (χ2n) is 8.20. The van der Waals surface area contributed by atoms with Crippen LogP contribution >= 0.6 is 35.1 Å². The number of halogens is 2. The average Bonchev–Trinajstić information content (AvgIpc) is 2.86. The van der Waals surface area contributed by atoms with Crippen LogP contribution in [-0.2, 0) is 4.79 Å². The molecule has 1 aliphatic rings. The summed E-state index contributed by atoms with van der Waals surface area (Å²) < 4.78 is 3.44. The molecule has 172 valence electrons. The lowest BCUT2D eigenvalue weighted by Gasteiger charge is -2.30. The Balaban J connectivity index is 1.35. The molecule has 0 saturated carbocycles. The number of rotatable bonds is 8. The minimum Gasteiger partial charge on any atom is -0.355 e. The van der Waals surface area contributed by atoms with Crippen molar-refractivity contribution in [3.63, 3.8) is 0 Å². The molecule has 4 rings (SSSR count). The van der Waals surface area contributed by atoms with Gasteiger partial charge in [-0.1, -0.05) is 83.9 Å². The number of piperidine rings is 1. The van der Waals surface area contributed by atoms with Crippen molar-refractivity contribution < 1.29 is 4.79 Å². The molecule has 1 amide bonds. The molecule has 1 saturated heterocycles. The van der Waals surface area contributed by atoms with Gasteiger partial charge in [-0.2, -0.15) is 0 Å². The fraction of sp³-hybridized carbons (Fsp3) is 0.269. The smallest absolute Gasteiger partial charge is 0.224 e. The molecule has 1 fully saturated rings. The molecule has 0 aliphatic carbocycles. The second-order valence-corrected chi connectivity index (χ2v) is 9.92. The summed E-state index contributed by atoms with van der Waals surface area (Å²) in [6.45, 7) is 2.04. The van der Waals surface area contributed by atoms with Crippen LogP contribution in [0.5, 0.6) is 0 Å². The summed E-state index contributed by atoms with van der Waals surface area (Å²) in [5.41, 5.74) is 2.39. The first kappa shape index (κ1) is 24.1. The molecule has 0 spiro atoms. The Morgan fingerprint density at radius 2 is 1.64 bits per heavy atom. The van der Waals surface area contributed by atoms with Crippen LogP contribution in [0.2, 0.25) is 10.0 Å². The normalized spacial score (nSPS) is 18.3. The Morgan fingerprint density at radius 3 is 2.30 bits per heavy atom. The lowest BCUT2D eigenvalue weighted by Crippen LogP contribution is -2.49. The van der Waals surface area contributed by atoms with Crippen molar-refractivity contribution in [2.24, 2.45) is 5.92 Å². The summed E-state index contributed by atoms with van der Waals surface area (Å²) in [6, 6.07) is 26.2. The van der Waals surface area contributed by atoms with Gasteiger partial charge in [0, 0.05) is 41.5 Å². The van der Waals surface area contributed by atoms with Crippen LogP contribution in [0, 0.1) is 5.92 Å². The first-order valence-corrected chi connectivity index (χ1v) is 12.6. The lowest BCUT2D eigenvalue weighted by molar-refractivity contribution is -0.125. The molecule has 3 N–H and O–H groups in total. The van der Waals surface area contributed by atoms with Crippen molar-refractivity contribution in [1.29, 1.82) is 0 Å². The average molecular weight is 500 g/mol. The van der Waals surface area contributed by atoms with E-state index in [0.29, 0.717) is 23.1 Å². The minimum absolute atomic E-state index is 0.0802. The van der Waals surface area contributed by atoms with E-state index in [0.717, 1.165) is 17.9 Å². The maximum absolute atomic E-state index is 13.1. The number of amides is 1. The van der Waals surface area contributed by atoms with Crippen LogP contribution in [-0.4, -0.2) is 31.6 Å². The third kappa shape index (κ3) is 6.75. The number of carbonyl (C=O) groups is 1. The predicted octanol–water partition coefficient (Wildman–Crippen LogP) is 5.52. The summed E-state index contributed by atoms with van der Waals surface area (Å²) >= 11 is 13.8. The monoisotopic (exact) mass is 499 g/mol. The molecule has 0 unspecified atom stereocenters. The number of nitrogens with one attached hydrogen (secondary N) is 3. The van der Waals surface area contributed by atoms with Crippen LogP contribution < -0.4 is 15.4 Å². The van der Waals surface area contributed by atoms with E-state index in [9.17, 15) is 4.79 Å². The van der Waals surface area contributed by atoms with Gasteiger partial charge in [0.25, 0.3) is 0 Å². The van der Waals surface area contributed by atoms with Crippen LogP contribution in [0.25, 0.3) is 0 Å². The van der Waals surface area contributed by atoms with Gasteiger partial charge in [-0.25, -0.2) is 0 Å². The quantitative estimate of drug-likeness (QED) is 0.357. The van der Waals surface area contributed by atoms with Crippen molar-refractivity contribution in [1.82, 2.24) is 15.4 Å². The number of hydrogen-bond donors (Lipinski definition) is 3. The van der Waals surface area contributed by atoms with Gasteiger partial charge in [0.05, 0.1) is 10.9 Å². The molecule has 33 heavy (non-hydrogen) atoms. The van der Waals surface area contributed by atoms with Crippen LogP contribution in [0.3, 0.4) is 0 Å². The fourth-order valence-corrected chi connectivity index (χ4v) is 5.37. The highest BCUT2D eigenvalue weighted by molar-refractivity contribution is 7.97. The van der Waals surface area contributed by atoms with Gasteiger partial charge >= 0.3 is 0 Å². The van der Waals surface area contributed by atoms with E-state index in [1.807, 2.05) is 42.5 Å². The van der Waals surface area contributed by atoms with Crippen molar-refractivity contribution >= 4 is 41.1 Å². The number of hydrogen-bond acceptors (Lipinski definition) is 4. The van der Waals surface area contributed by atoms with Crippen molar-refractivity contribution in [3.05, 3.63) is 100 Å². The highest BCUT2D eigenvalue weighted by Gasteiger charge is 2.28. The molecule has 2 atom stereocenters. The first-order chi connectivity index (χ1) is 16.1. The highest BCUT2D eigenvalue weighted by Crippen LogP contribution is 2.29. The molecule has 7 heteroatoms. The molecule has 0 aromatic heterocycles. The van der Waals surface area contributed by atoms with E-state index in [1.54, 1.807) is 12.1 Å². The first-order valence-electron chi connectivity index (χ1n) is 11.1. The minimum atomic E-state index is -0.0983. The van der Waals surface area contributed by atoms with E-state index in [2.05, 4.69) is 39.6 Å². The highest BCUT2D eigenvalue weighted by atomic mass is 35.5. The van der Waals surface area contributed by atoms with Gasteiger partial charge in [-0.3, -0.25) is 9.52 Å². The maximum Gasteiger partial charge on any atom is 0.224 e. The molecule has 3 aromatic rings. The fourth-order valence-electron chi connectivity index (χ4n) is 4.08. The molecule has 3 aromatic carbocycles. The van der Waals surface area contributed by atoms with Crippen molar-refractivity contribution in [3.8, 4) is 0 Å². The zero-order valence-corrected chi connectivity index (χ0v) is 20.5. The molecule has 4 nitrogen and oxygen atoms in total. The Labute approximate surface area is 209 Å². The molecule has 1 heterocycles. The zero-order valence-electron chi connectivity index (χ0n) is 18.1. The Hall–Kier alpha value is -2.02. The maximum atomic E-state index is 13.1. The third-order valence-corrected chi connectivity index (χ3v) is 7.52. The topological polar surface area (TPSA) is 53.2 Å². The molecule has 0 radical (unpaired) electrons. The third-order valence-electron chi connectivity index (χ3n) is 5.83. The number of carbonyl (C=O) groups excluding carboxylic acids is 1. The van der Waals surface area contributed by atoms with Gasteiger partial charge in [0.15, 0.2) is 0 Å². The van der Waals surface area contributed by atoms with E-state index >= 15 is 0 Å². The van der Waals surface area contributed by atoms with Crippen molar-refractivity contribution in [2.45, 2.75) is 23.3 Å². The van der Waals surface area contributed by atoms with Crippen LogP contribution in [0.4, 0.5) is 0 Å². The summed E-state index contributed by atoms with van der Waals surface area (Å²) in [6.07, 6.45) is 0.755. The summed E-state index contributed by atoms with van der Waals surface area (Å²) in [7, 11) is 0. The Morgan fingerprint density at radius 1 is 0.970 bits per heavy atom. The largest absolute Gasteiger partial charge is 0.355 e. The van der Waals surface area contributed by atoms with Gasteiger partial charge in [-0.15, -0.1) is 0 Å². The van der Waals surface area contributed by atoms with Gasteiger partial charge in [0.2, 0.25) is 5.91 Å². The summed E-state index contributed by atoms with van der Waals surface area (Å²) in [5.74, 6) is 0.0953. The Bertz CT molecular complexity index is 1010. The standard InChI is InChI=1S/C26H27Cl2N3OS/c27-21-11-12-24(28)25(14-21)33-31-22-13-20(15-29-16-22)26(32)30-17-23(18-7-3-1-4-8-18)19-9-5-2-6-10-19/h1-12,14,20,22-23,29,31H,13,15-17H2,(H,30,32)/t20-,22+/m0/s1. The van der Waals surface area contributed by atoms with E-state index in [-0.39, 0.29) is 23.8 Å². The summed E-state index contributed by atoms with van der Waals surface area (Å²) in [4.78, 5) is 13.9. The van der Waals surface area contributed by atoms with Crippen LogP contribution in [0.15, 0.2) is 83.8 Å². The van der Waals surface area contributed by atoms with Gasteiger partial charge in [-0.05, 0) is 47.7 Å². The number of benzene rings is 3. The zero-order chi connectivity index (χ0) is 23.0. The molecular weight excluding hydrogens is 473 g/mol. The molecular formula is C26H27Cl2N3OS. The van der Waals surface area contributed by atoms with Crippen molar-refractivity contribution in [2.75, 3.05) is 19.6 Å². The Kier molecular flexibility index (Phi) is 8.70.